The third-order valence-electron chi connectivity index (χ3n) is 5.64. The quantitative estimate of drug-likeness (QED) is 0.189. The van der Waals surface area contributed by atoms with E-state index in [0.717, 1.165) is 69.9 Å². The second kappa shape index (κ2) is 11.7. The van der Waals surface area contributed by atoms with Gasteiger partial charge in [-0.2, -0.15) is 0 Å². The molecule has 0 aromatic carbocycles. The highest BCUT2D eigenvalue weighted by molar-refractivity contribution is 5.53. The van der Waals surface area contributed by atoms with Crippen LogP contribution in [0.4, 0.5) is 0 Å². The second-order valence-electron chi connectivity index (χ2n) is 9.53. The van der Waals surface area contributed by atoms with Gasteiger partial charge in [0, 0.05) is 39.3 Å². The van der Waals surface area contributed by atoms with Crippen LogP contribution in [0.3, 0.4) is 0 Å². The zero-order valence-electron chi connectivity index (χ0n) is 19.9. The Hall–Kier alpha value is -1.83. The van der Waals surface area contributed by atoms with Crippen LogP contribution in [-0.2, 0) is 4.74 Å². The maximum atomic E-state index is 10.0. The number of nitrogens with two attached hydrogens (primary N) is 2. The molecule has 176 valence electrons. The third kappa shape index (κ3) is 9.46. The van der Waals surface area contributed by atoms with Crippen LogP contribution in [0, 0.1) is 0 Å². The number of rotatable bonds is 12. The summed E-state index contributed by atoms with van der Waals surface area (Å²) in [6, 6.07) is 0. The number of piperazine rings is 1. The number of ether oxygens (including phenoxy) is 1. The normalized spacial score (nSPS) is 21.1. The average Bonchev–Trinajstić information content (AvgIpc) is 3.42. The molecule has 7 heteroatoms. The summed E-state index contributed by atoms with van der Waals surface area (Å²) in [5, 5.41) is 10.0. The van der Waals surface area contributed by atoms with E-state index < -0.39 is 5.60 Å². The molecule has 0 atom stereocenters. The van der Waals surface area contributed by atoms with Crippen LogP contribution in [0.25, 0.3) is 0 Å². The smallest absolute Gasteiger partial charge is 0.126 e. The maximum Gasteiger partial charge on any atom is 0.126 e. The van der Waals surface area contributed by atoms with Crippen molar-refractivity contribution in [3.63, 3.8) is 0 Å². The van der Waals surface area contributed by atoms with E-state index in [4.69, 9.17) is 16.2 Å². The topological polar surface area (TPSA) is 100 Å². The van der Waals surface area contributed by atoms with Crippen molar-refractivity contribution in [2.75, 3.05) is 39.3 Å². The lowest BCUT2D eigenvalue weighted by atomic mass is 10.1. The van der Waals surface area contributed by atoms with E-state index >= 15 is 0 Å². The number of β-amino-alcohol motifs (C(OH)–C–C–N with tert-alkyl or cyclic N) is 1. The fourth-order valence-corrected chi connectivity index (χ4v) is 3.74. The summed E-state index contributed by atoms with van der Waals surface area (Å²) >= 11 is 0. The van der Waals surface area contributed by atoms with Crippen molar-refractivity contribution in [2.24, 2.45) is 16.5 Å². The lowest BCUT2D eigenvalue weighted by Crippen LogP contribution is -2.49. The molecule has 0 bridgehead atoms. The van der Waals surface area contributed by atoms with Crippen molar-refractivity contribution >= 4 is 6.34 Å². The highest BCUT2D eigenvalue weighted by atomic mass is 16.5. The van der Waals surface area contributed by atoms with Crippen LogP contribution >= 0.6 is 0 Å². The van der Waals surface area contributed by atoms with E-state index in [-0.39, 0.29) is 5.60 Å². The minimum Gasteiger partial charge on any atom is -0.488 e. The number of hydrogen-bond acceptors (Lipinski definition) is 6. The molecule has 2 aliphatic rings. The molecule has 0 aromatic heterocycles. The summed E-state index contributed by atoms with van der Waals surface area (Å²) in [5.74, 6) is 1.85. The van der Waals surface area contributed by atoms with Gasteiger partial charge in [-0.25, -0.2) is 4.99 Å². The zero-order valence-corrected chi connectivity index (χ0v) is 19.9. The molecule has 0 aromatic rings. The van der Waals surface area contributed by atoms with Gasteiger partial charge in [-0.05, 0) is 71.1 Å². The minimum absolute atomic E-state index is 0.00745. The highest BCUT2D eigenvalue weighted by Crippen LogP contribution is 2.41. The molecular formula is C24H43N5O2. The molecule has 31 heavy (non-hydrogen) atoms. The van der Waals surface area contributed by atoms with E-state index in [0.29, 0.717) is 13.1 Å². The minimum atomic E-state index is -0.674. The highest BCUT2D eigenvalue weighted by Gasteiger charge is 2.40. The predicted octanol–water partition coefficient (Wildman–Crippen LogP) is 2.73. The molecule has 0 radical (unpaired) electrons. The summed E-state index contributed by atoms with van der Waals surface area (Å²) in [5.41, 5.74) is 12.1. The first-order valence-electron chi connectivity index (χ1n) is 11.6. The number of aliphatic hydroxyl groups is 1. The van der Waals surface area contributed by atoms with Crippen LogP contribution in [0.5, 0.6) is 0 Å². The first-order valence-corrected chi connectivity index (χ1v) is 11.6. The molecule has 2 fully saturated rings. The number of allylic oxidation sites excluding steroid dienone is 3. The van der Waals surface area contributed by atoms with Crippen molar-refractivity contribution < 1.29 is 9.84 Å². The van der Waals surface area contributed by atoms with Gasteiger partial charge in [0.25, 0.3) is 0 Å². The van der Waals surface area contributed by atoms with Gasteiger partial charge in [0.05, 0.1) is 11.9 Å². The summed E-state index contributed by atoms with van der Waals surface area (Å²) < 4.78 is 6.17. The van der Waals surface area contributed by atoms with E-state index in [9.17, 15) is 5.11 Å². The molecule has 1 saturated carbocycles. The molecule has 1 saturated heterocycles. The van der Waals surface area contributed by atoms with E-state index in [1.807, 2.05) is 13.8 Å². The van der Waals surface area contributed by atoms with Crippen molar-refractivity contribution in [2.45, 2.75) is 71.0 Å². The van der Waals surface area contributed by atoms with Crippen LogP contribution in [0.15, 0.2) is 40.4 Å². The Bertz CT molecular complexity index is 679. The summed E-state index contributed by atoms with van der Waals surface area (Å²) in [7, 11) is 0. The Morgan fingerprint density at radius 2 is 1.87 bits per heavy atom. The maximum absolute atomic E-state index is 10.0. The fraction of sp³-hybridized carbons (Fsp3) is 0.708. The Balaban J connectivity index is 1.94. The fourth-order valence-electron chi connectivity index (χ4n) is 3.74. The van der Waals surface area contributed by atoms with Crippen molar-refractivity contribution in [3.05, 3.63) is 35.4 Å². The molecule has 0 unspecified atom stereocenters. The van der Waals surface area contributed by atoms with Gasteiger partial charge in [-0.15, -0.1) is 0 Å². The summed E-state index contributed by atoms with van der Waals surface area (Å²) in [6.45, 7) is 12.7. The van der Waals surface area contributed by atoms with Gasteiger partial charge >= 0.3 is 0 Å². The molecule has 7 nitrogen and oxygen atoms in total. The van der Waals surface area contributed by atoms with E-state index in [2.05, 4.69) is 46.9 Å². The molecule has 1 aliphatic carbocycles. The van der Waals surface area contributed by atoms with Crippen LogP contribution in [0.2, 0.25) is 0 Å². The largest absolute Gasteiger partial charge is 0.488 e. The lowest BCUT2D eigenvalue weighted by molar-refractivity contribution is 0.0218. The van der Waals surface area contributed by atoms with Crippen molar-refractivity contribution in [1.82, 2.24) is 9.80 Å². The van der Waals surface area contributed by atoms with Gasteiger partial charge in [-0.3, -0.25) is 4.90 Å². The second-order valence-corrected chi connectivity index (χ2v) is 9.53. The third-order valence-corrected chi connectivity index (χ3v) is 5.64. The Morgan fingerprint density at radius 1 is 1.19 bits per heavy atom. The Labute approximate surface area is 188 Å². The van der Waals surface area contributed by atoms with E-state index in [1.165, 1.54) is 11.9 Å². The molecule has 2 rings (SSSR count). The van der Waals surface area contributed by atoms with Crippen molar-refractivity contribution in [3.8, 4) is 0 Å². The van der Waals surface area contributed by atoms with Crippen LogP contribution in [-0.4, -0.2) is 71.7 Å². The summed E-state index contributed by atoms with van der Waals surface area (Å²) in [6.07, 6.45) is 12.6. The van der Waals surface area contributed by atoms with Crippen molar-refractivity contribution in [1.29, 1.82) is 0 Å². The van der Waals surface area contributed by atoms with E-state index in [1.54, 1.807) is 0 Å². The average molecular weight is 434 g/mol. The number of aliphatic imine (C=N–C) groups is 1. The lowest BCUT2D eigenvalue weighted by Gasteiger charge is -2.38. The number of hydrogen-bond donors (Lipinski definition) is 3. The van der Waals surface area contributed by atoms with Gasteiger partial charge < -0.3 is 26.2 Å². The SMILES string of the molecule is CC/C=C(\C=C(/CN)CC/C=C(\N=C/N)N1CCN(CC(C)(C)O)CC1)OC1(C)CC1. The number of nitrogens with zero attached hydrogens (tertiary/aromatic N) is 3. The first-order chi connectivity index (χ1) is 14.7. The Morgan fingerprint density at radius 3 is 2.39 bits per heavy atom. The molecule has 1 heterocycles. The standard InChI is InChI=1S/C24H43N5O2/c1-5-7-21(31-24(4)10-11-24)16-20(17-25)8-6-9-22(27-19-26)29-14-12-28(13-15-29)18-23(2,3)30/h7,9,16,19,30H,5-6,8,10-15,17-18,25H2,1-4H3,(H2,26,27)/b20-16-,21-7+,22-9+. The van der Waals surface area contributed by atoms with Crippen LogP contribution < -0.4 is 11.5 Å². The first kappa shape index (κ1) is 25.4. The van der Waals surface area contributed by atoms with Gasteiger partial charge in [0.2, 0.25) is 0 Å². The van der Waals surface area contributed by atoms with Gasteiger partial charge in [0.15, 0.2) is 0 Å². The summed E-state index contributed by atoms with van der Waals surface area (Å²) in [4.78, 5) is 8.95. The van der Waals surface area contributed by atoms with Gasteiger partial charge in [-0.1, -0.05) is 12.5 Å². The molecule has 5 N–H and O–H groups in total. The predicted molar refractivity (Wildman–Crippen MR) is 129 cm³/mol. The van der Waals surface area contributed by atoms with Crippen LogP contribution in [0.1, 0.15) is 59.8 Å². The zero-order chi connectivity index (χ0) is 22.9. The molecule has 1 aliphatic heterocycles. The van der Waals surface area contributed by atoms with Gasteiger partial charge in [0.1, 0.15) is 17.2 Å². The molecule has 0 amide bonds. The molecule has 0 spiro atoms. The monoisotopic (exact) mass is 433 g/mol. The molecular weight excluding hydrogens is 390 g/mol. The Kier molecular flexibility index (Phi) is 9.59.